The highest BCUT2D eigenvalue weighted by molar-refractivity contribution is 9.10. The minimum absolute atomic E-state index is 0. The fourth-order valence-electron chi connectivity index (χ4n) is 2.43. The molecule has 3 heterocycles. The van der Waals surface area contributed by atoms with Gasteiger partial charge in [0.15, 0.2) is 0 Å². The standard InChI is InChI=1S/C13H17NO2.C9H9NO2.C7H6BrNO2.2CO2.ClH/c1-13(2,3)8-7-10-5-6-11(14-9-10)12(15)16-4;1-3-7-4-5-8(10-6-7)9(11)12-2;1-11-7(10)6-3-2-5(8)4-9-6;2*2-1-3;/h5-9H,1-4H3;3-6H,1H2,2H3;2-4H,1H3;;;1H/b8-7+;;;;;. The highest BCUT2D eigenvalue weighted by Gasteiger charge is 2.07. The third-order valence-electron chi connectivity index (χ3n) is 4.50. The quantitative estimate of drug-likeness (QED) is 0.243. The van der Waals surface area contributed by atoms with Gasteiger partial charge in [0.1, 0.15) is 17.1 Å². The van der Waals surface area contributed by atoms with Gasteiger partial charge in [-0.25, -0.2) is 29.3 Å². The average molecular weight is 723 g/mol. The van der Waals surface area contributed by atoms with Gasteiger partial charge in [-0.05, 0) is 56.7 Å². The molecule has 3 aromatic heterocycles. The first-order valence-corrected chi connectivity index (χ1v) is 13.1. The number of rotatable bonds is 5. The van der Waals surface area contributed by atoms with Gasteiger partial charge in [-0.2, -0.15) is 19.2 Å². The van der Waals surface area contributed by atoms with Crippen LogP contribution in [0.1, 0.15) is 63.4 Å². The van der Waals surface area contributed by atoms with E-state index in [2.05, 4.69) is 78.5 Å². The molecule has 0 amide bonds. The van der Waals surface area contributed by atoms with Gasteiger partial charge in [0.2, 0.25) is 0 Å². The van der Waals surface area contributed by atoms with Crippen LogP contribution in [0.3, 0.4) is 0 Å². The minimum Gasteiger partial charge on any atom is -0.464 e. The van der Waals surface area contributed by atoms with Crippen LogP contribution in [0.2, 0.25) is 0 Å². The molecule has 0 saturated heterocycles. The van der Waals surface area contributed by atoms with E-state index in [0.29, 0.717) is 17.1 Å². The third-order valence-corrected chi connectivity index (χ3v) is 4.96. The van der Waals surface area contributed by atoms with Crippen molar-refractivity contribution in [1.82, 2.24) is 15.0 Å². The summed E-state index contributed by atoms with van der Waals surface area (Å²) in [6, 6.07) is 10.2. The molecule has 3 aromatic rings. The van der Waals surface area contributed by atoms with Gasteiger partial charge >= 0.3 is 30.2 Å². The predicted molar refractivity (Wildman–Crippen MR) is 170 cm³/mol. The van der Waals surface area contributed by atoms with Crippen molar-refractivity contribution >= 4 is 70.7 Å². The van der Waals surface area contributed by atoms with E-state index in [1.807, 2.05) is 12.1 Å². The van der Waals surface area contributed by atoms with Crippen molar-refractivity contribution in [1.29, 1.82) is 0 Å². The van der Waals surface area contributed by atoms with E-state index in [4.69, 9.17) is 19.2 Å². The van der Waals surface area contributed by atoms with E-state index >= 15 is 0 Å². The van der Waals surface area contributed by atoms with Crippen molar-refractivity contribution in [3.05, 3.63) is 100 Å². The van der Waals surface area contributed by atoms with Crippen LogP contribution in [0.4, 0.5) is 0 Å². The summed E-state index contributed by atoms with van der Waals surface area (Å²) in [5, 5.41) is 0. The number of methoxy groups -OCH3 is 3. The number of hydrogen-bond donors (Lipinski definition) is 0. The summed E-state index contributed by atoms with van der Waals surface area (Å²) in [5.74, 6) is -1.26. The Morgan fingerprint density at radius 3 is 1.30 bits per heavy atom. The smallest absolute Gasteiger partial charge is 0.373 e. The van der Waals surface area contributed by atoms with Crippen LogP contribution in [-0.4, -0.2) is 66.5 Å². The molecule has 0 unspecified atom stereocenters. The molecular weight excluding hydrogens is 690 g/mol. The van der Waals surface area contributed by atoms with Gasteiger partial charge in [0, 0.05) is 23.1 Å². The van der Waals surface area contributed by atoms with Gasteiger partial charge < -0.3 is 14.2 Å². The fraction of sp³-hybridized carbons (Fsp3) is 0.226. The van der Waals surface area contributed by atoms with Crippen molar-refractivity contribution in [3.8, 4) is 0 Å². The fourth-order valence-corrected chi connectivity index (χ4v) is 2.66. The Labute approximate surface area is 280 Å². The molecule has 0 fully saturated rings. The lowest BCUT2D eigenvalue weighted by molar-refractivity contribution is -0.193. The predicted octanol–water partition coefficient (Wildman–Crippen LogP) is 5.32. The second-order valence-electron chi connectivity index (χ2n) is 8.86. The largest absolute Gasteiger partial charge is 0.464 e. The number of aromatic nitrogens is 3. The average Bonchev–Trinajstić information content (AvgIpc) is 3.04. The van der Waals surface area contributed by atoms with Gasteiger partial charge in [0.25, 0.3) is 0 Å². The molecule has 246 valence electrons. The Hall–Kier alpha value is -5.13. The molecular formula is C31H33BrClN3O10. The Bertz CT molecular complexity index is 1430. The first-order valence-electron chi connectivity index (χ1n) is 12.4. The molecule has 0 aromatic carbocycles. The second-order valence-corrected chi connectivity index (χ2v) is 9.78. The van der Waals surface area contributed by atoms with Crippen LogP contribution in [0.15, 0.2) is 72.1 Å². The molecule has 0 aliphatic carbocycles. The maximum absolute atomic E-state index is 11.1. The van der Waals surface area contributed by atoms with Crippen LogP contribution in [0.5, 0.6) is 0 Å². The summed E-state index contributed by atoms with van der Waals surface area (Å²) in [7, 11) is 3.99. The van der Waals surface area contributed by atoms with Crippen molar-refractivity contribution in [2.24, 2.45) is 5.41 Å². The highest BCUT2D eigenvalue weighted by atomic mass is 79.9. The Morgan fingerprint density at radius 1 is 0.696 bits per heavy atom. The molecule has 15 heteroatoms. The van der Waals surface area contributed by atoms with Crippen molar-refractivity contribution in [2.45, 2.75) is 20.8 Å². The lowest BCUT2D eigenvalue weighted by Crippen LogP contribution is -2.03. The summed E-state index contributed by atoms with van der Waals surface area (Å²) in [6.07, 6.45) is 11.0. The Kier molecular flexibility index (Phi) is 25.9. The van der Waals surface area contributed by atoms with Crippen LogP contribution in [0, 0.1) is 5.41 Å². The molecule has 0 spiro atoms. The van der Waals surface area contributed by atoms with Crippen LogP contribution >= 0.6 is 28.3 Å². The number of nitrogens with zero attached hydrogens (tertiary/aromatic N) is 3. The number of carbonyl (C=O) groups excluding carboxylic acids is 7. The SMILES string of the molecule is C=Cc1ccc(C(=O)OC)nc1.COC(=O)c1ccc(/C=C/C(C)(C)C)cn1.COC(=O)c1ccc(Br)cn1.Cl.O=C=O.O=C=O. The van der Waals surface area contributed by atoms with Gasteiger partial charge in [-0.3, -0.25) is 0 Å². The molecule has 13 nitrogen and oxygen atoms in total. The molecule has 46 heavy (non-hydrogen) atoms. The molecule has 0 aliphatic heterocycles. The summed E-state index contributed by atoms with van der Waals surface area (Å²) in [4.78, 5) is 77.1. The lowest BCUT2D eigenvalue weighted by Gasteiger charge is -2.10. The zero-order valence-electron chi connectivity index (χ0n) is 25.8. The summed E-state index contributed by atoms with van der Waals surface area (Å²) in [6.45, 7) is 9.94. The van der Waals surface area contributed by atoms with E-state index in [-0.39, 0.29) is 30.1 Å². The van der Waals surface area contributed by atoms with E-state index in [0.717, 1.165) is 15.6 Å². The zero-order valence-corrected chi connectivity index (χ0v) is 28.2. The Morgan fingerprint density at radius 2 is 1.04 bits per heavy atom. The first-order chi connectivity index (χ1) is 21.3. The molecule has 0 N–H and O–H groups in total. The number of hydrogen-bond acceptors (Lipinski definition) is 13. The maximum Gasteiger partial charge on any atom is 0.373 e. The monoisotopic (exact) mass is 721 g/mol. The summed E-state index contributed by atoms with van der Waals surface area (Å²) >= 11 is 3.20. The molecule has 0 bridgehead atoms. The highest BCUT2D eigenvalue weighted by Crippen LogP contribution is 2.17. The number of ether oxygens (including phenoxy) is 3. The summed E-state index contributed by atoms with van der Waals surface area (Å²) in [5.41, 5.74) is 2.94. The number of pyridine rings is 3. The molecule has 3 rings (SSSR count). The van der Waals surface area contributed by atoms with Crippen LogP contribution < -0.4 is 0 Å². The number of carbonyl (C=O) groups is 3. The topological polar surface area (TPSA) is 186 Å². The lowest BCUT2D eigenvalue weighted by atomic mass is 9.95. The Balaban J connectivity index is -0.000000556. The molecule has 0 atom stereocenters. The second kappa shape index (κ2) is 26.3. The first kappa shape index (κ1) is 45.3. The van der Waals surface area contributed by atoms with E-state index in [1.54, 1.807) is 55.0 Å². The third kappa shape index (κ3) is 21.5. The van der Waals surface area contributed by atoms with Gasteiger partial charge in [-0.15, -0.1) is 12.4 Å². The molecule has 0 radical (unpaired) electrons. The van der Waals surface area contributed by atoms with Gasteiger partial charge in [-0.1, -0.05) is 57.7 Å². The van der Waals surface area contributed by atoms with Crippen molar-refractivity contribution in [2.75, 3.05) is 21.3 Å². The van der Waals surface area contributed by atoms with E-state index in [9.17, 15) is 14.4 Å². The summed E-state index contributed by atoms with van der Waals surface area (Å²) < 4.78 is 14.4. The van der Waals surface area contributed by atoms with Gasteiger partial charge in [0.05, 0.1) is 21.3 Å². The van der Waals surface area contributed by atoms with Crippen molar-refractivity contribution in [3.63, 3.8) is 0 Å². The maximum atomic E-state index is 11.1. The molecule has 0 saturated carbocycles. The molecule has 0 aliphatic rings. The van der Waals surface area contributed by atoms with E-state index in [1.165, 1.54) is 21.3 Å². The van der Waals surface area contributed by atoms with Crippen LogP contribution in [0.25, 0.3) is 12.2 Å². The van der Waals surface area contributed by atoms with Crippen molar-refractivity contribution < 1.29 is 47.8 Å². The van der Waals surface area contributed by atoms with E-state index < -0.39 is 17.9 Å². The normalized spacial score (nSPS) is 9.02. The zero-order chi connectivity index (χ0) is 34.8. The number of esters is 3. The van der Waals surface area contributed by atoms with Crippen LogP contribution in [-0.2, 0) is 33.4 Å². The minimum atomic E-state index is -0.425. The number of halogens is 2. The number of allylic oxidation sites excluding steroid dienone is 1.